The molecule has 1 amide bonds. The lowest BCUT2D eigenvalue weighted by Gasteiger charge is -2.48. The van der Waals surface area contributed by atoms with E-state index in [2.05, 4.69) is 30.5 Å². The number of pyridine rings is 2. The van der Waals surface area contributed by atoms with E-state index in [1.807, 2.05) is 25.3 Å². The molecule has 0 spiro atoms. The van der Waals surface area contributed by atoms with Gasteiger partial charge in [0.2, 0.25) is 5.91 Å². The molecule has 3 aromatic heterocycles. The molecule has 3 aromatic rings. The minimum Gasteiger partial charge on any atom is -0.384 e. The smallest absolute Gasteiger partial charge is 0.239 e. The maximum absolute atomic E-state index is 12.4. The third kappa shape index (κ3) is 4.32. The number of anilines is 1. The number of aliphatic hydroxyl groups is 1. The highest BCUT2D eigenvalue weighted by Gasteiger charge is 2.40. The van der Waals surface area contributed by atoms with Crippen molar-refractivity contribution in [1.29, 1.82) is 0 Å². The van der Waals surface area contributed by atoms with Gasteiger partial charge in [-0.3, -0.25) is 19.7 Å². The topological polar surface area (TPSA) is 103 Å². The predicted molar refractivity (Wildman–Crippen MR) is 125 cm³/mol. The fourth-order valence-electron chi connectivity index (χ4n) is 4.78. The van der Waals surface area contributed by atoms with E-state index >= 15 is 0 Å². The summed E-state index contributed by atoms with van der Waals surface area (Å²) in [5.41, 5.74) is 2.98. The first-order valence-electron chi connectivity index (χ1n) is 11.1. The van der Waals surface area contributed by atoms with Crippen molar-refractivity contribution in [3.63, 3.8) is 0 Å². The van der Waals surface area contributed by atoms with Crippen LogP contribution in [-0.2, 0) is 10.4 Å². The van der Waals surface area contributed by atoms with Gasteiger partial charge in [-0.1, -0.05) is 0 Å². The summed E-state index contributed by atoms with van der Waals surface area (Å²) in [5.74, 6) is 0.650. The summed E-state index contributed by atoms with van der Waals surface area (Å²) < 4.78 is 0. The molecule has 2 fully saturated rings. The molecule has 4 heterocycles. The number of carbonyl (C=O) groups excluding carboxylic acids is 1. The van der Waals surface area contributed by atoms with Crippen LogP contribution in [0.1, 0.15) is 36.1 Å². The van der Waals surface area contributed by atoms with Gasteiger partial charge in [0.05, 0.1) is 28.5 Å². The highest BCUT2D eigenvalue weighted by atomic mass is 32.1. The Hall–Kier alpha value is -2.62. The number of nitrogens with one attached hydrogen (secondary N) is 2. The first kappa shape index (κ1) is 21.2. The van der Waals surface area contributed by atoms with Crippen molar-refractivity contribution in [2.75, 3.05) is 25.0 Å². The van der Waals surface area contributed by atoms with Crippen molar-refractivity contribution in [3.8, 4) is 0 Å². The molecule has 1 saturated heterocycles. The van der Waals surface area contributed by atoms with Crippen molar-refractivity contribution >= 4 is 34.0 Å². The lowest BCUT2D eigenvalue weighted by atomic mass is 9.80. The zero-order chi connectivity index (χ0) is 22.1. The van der Waals surface area contributed by atoms with E-state index in [1.165, 1.54) is 11.3 Å². The Kier molecular flexibility index (Phi) is 5.79. The highest BCUT2D eigenvalue weighted by molar-refractivity contribution is 7.09. The molecule has 9 heteroatoms. The van der Waals surface area contributed by atoms with E-state index in [0.29, 0.717) is 11.9 Å². The quantitative estimate of drug-likeness (QED) is 0.528. The van der Waals surface area contributed by atoms with Gasteiger partial charge in [0.25, 0.3) is 0 Å². The summed E-state index contributed by atoms with van der Waals surface area (Å²) in [4.78, 5) is 28.7. The van der Waals surface area contributed by atoms with E-state index in [-0.39, 0.29) is 18.5 Å². The van der Waals surface area contributed by atoms with Gasteiger partial charge in [-0.2, -0.15) is 0 Å². The molecule has 3 N–H and O–H groups in total. The number of amides is 1. The van der Waals surface area contributed by atoms with Gasteiger partial charge in [-0.05, 0) is 50.3 Å². The largest absolute Gasteiger partial charge is 0.384 e. The molecule has 168 valence electrons. The van der Waals surface area contributed by atoms with Crippen molar-refractivity contribution in [3.05, 3.63) is 46.7 Å². The van der Waals surface area contributed by atoms with Crippen LogP contribution in [0.25, 0.3) is 10.9 Å². The van der Waals surface area contributed by atoms with Crippen LogP contribution in [-0.4, -0.2) is 62.6 Å². The molecule has 2 aliphatic rings. The number of nitrogens with zero attached hydrogens (tertiary/aromatic N) is 4. The number of fused-ring (bicyclic) bond motifs is 1. The zero-order valence-electron chi connectivity index (χ0n) is 18.1. The van der Waals surface area contributed by atoms with Gasteiger partial charge in [0, 0.05) is 43.1 Å². The molecular formula is C23H28N6O2S. The first-order chi connectivity index (χ1) is 15.5. The molecule has 0 aromatic carbocycles. The average Bonchev–Trinajstić information content (AvgIpc) is 3.31. The van der Waals surface area contributed by atoms with Crippen LogP contribution in [0.2, 0.25) is 0 Å². The van der Waals surface area contributed by atoms with E-state index in [9.17, 15) is 9.90 Å². The summed E-state index contributed by atoms with van der Waals surface area (Å²) >= 11 is 1.53. The summed E-state index contributed by atoms with van der Waals surface area (Å²) in [6, 6.07) is 4.55. The Morgan fingerprint density at radius 2 is 2.09 bits per heavy atom. The molecule has 0 bridgehead atoms. The van der Waals surface area contributed by atoms with E-state index < -0.39 is 5.60 Å². The molecule has 1 saturated carbocycles. The lowest BCUT2D eigenvalue weighted by molar-refractivity contribution is -0.121. The fourth-order valence-corrected chi connectivity index (χ4v) is 5.56. The second-order valence-corrected chi connectivity index (χ2v) is 9.83. The molecule has 1 aliphatic heterocycles. The number of hydrogen-bond donors (Lipinski definition) is 3. The number of carbonyl (C=O) groups is 1. The maximum Gasteiger partial charge on any atom is 0.239 e. The molecular weight excluding hydrogens is 424 g/mol. The fraction of sp³-hybridized carbons (Fsp3) is 0.478. The van der Waals surface area contributed by atoms with Gasteiger partial charge < -0.3 is 15.7 Å². The second-order valence-electron chi connectivity index (χ2n) is 8.94. The van der Waals surface area contributed by atoms with Crippen molar-refractivity contribution in [2.24, 2.45) is 0 Å². The number of rotatable bonds is 6. The Labute approximate surface area is 191 Å². The first-order valence-corrected chi connectivity index (χ1v) is 12.0. The third-order valence-electron chi connectivity index (χ3n) is 6.63. The Balaban J connectivity index is 1.07. The SMILES string of the molecule is Cc1cnc2ccnc(NCC(=O)NC3CN([C@H]4CC[C@@](O)(c5cncs5)CC4)C3)c2c1. The monoisotopic (exact) mass is 452 g/mol. The number of aromatic nitrogens is 3. The van der Waals surface area contributed by atoms with Crippen molar-refractivity contribution in [1.82, 2.24) is 25.2 Å². The van der Waals surface area contributed by atoms with Crippen LogP contribution >= 0.6 is 11.3 Å². The van der Waals surface area contributed by atoms with Gasteiger partial charge in [-0.25, -0.2) is 4.98 Å². The number of hydrogen-bond acceptors (Lipinski definition) is 8. The molecule has 0 atom stereocenters. The van der Waals surface area contributed by atoms with E-state index in [0.717, 1.165) is 60.1 Å². The van der Waals surface area contributed by atoms with Crippen LogP contribution in [0, 0.1) is 6.92 Å². The maximum atomic E-state index is 12.4. The van der Waals surface area contributed by atoms with Gasteiger partial charge >= 0.3 is 0 Å². The third-order valence-corrected chi connectivity index (χ3v) is 7.59. The molecule has 8 nitrogen and oxygen atoms in total. The predicted octanol–water partition coefficient (Wildman–Crippen LogP) is 2.44. The standard InChI is InChI=1S/C23H28N6O2S/c1-15-8-18-19(26-9-15)4-7-25-22(18)27-11-21(30)28-16-12-29(13-16)17-2-5-23(31,6-3-17)20-10-24-14-32-20/h4,7-10,14,16-17,31H,2-3,5-6,11-13H2,1H3,(H,25,27)(H,28,30)/t17-,23-. The minimum atomic E-state index is -0.717. The Bertz CT molecular complexity index is 1090. The summed E-state index contributed by atoms with van der Waals surface area (Å²) in [6.45, 7) is 3.91. The Morgan fingerprint density at radius 3 is 2.84 bits per heavy atom. The van der Waals surface area contributed by atoms with Crippen LogP contribution < -0.4 is 10.6 Å². The number of thiazole rings is 1. The second kappa shape index (κ2) is 8.73. The molecule has 0 radical (unpaired) electrons. The lowest BCUT2D eigenvalue weighted by Crippen LogP contribution is -2.63. The number of likely N-dealkylation sites (tertiary alicyclic amines) is 1. The summed E-state index contributed by atoms with van der Waals surface area (Å²) in [6.07, 6.45) is 8.79. The van der Waals surface area contributed by atoms with Crippen molar-refractivity contribution < 1.29 is 9.90 Å². The summed E-state index contributed by atoms with van der Waals surface area (Å²) in [5, 5.41) is 18.1. The molecule has 5 rings (SSSR count). The van der Waals surface area contributed by atoms with Gasteiger partial charge in [-0.15, -0.1) is 11.3 Å². The van der Waals surface area contributed by atoms with Crippen LogP contribution in [0.4, 0.5) is 5.82 Å². The summed E-state index contributed by atoms with van der Waals surface area (Å²) in [7, 11) is 0. The molecule has 32 heavy (non-hydrogen) atoms. The highest BCUT2D eigenvalue weighted by Crippen LogP contribution is 2.40. The average molecular weight is 453 g/mol. The minimum absolute atomic E-state index is 0.0303. The normalized spacial score (nSPS) is 24.2. The van der Waals surface area contributed by atoms with Gasteiger partial charge in [0.15, 0.2) is 0 Å². The molecule has 1 aliphatic carbocycles. The van der Waals surface area contributed by atoms with Crippen LogP contribution in [0.3, 0.4) is 0 Å². The zero-order valence-corrected chi connectivity index (χ0v) is 18.9. The molecule has 0 unspecified atom stereocenters. The van der Waals surface area contributed by atoms with Crippen LogP contribution in [0.15, 0.2) is 36.2 Å². The van der Waals surface area contributed by atoms with Crippen LogP contribution in [0.5, 0.6) is 0 Å². The number of aryl methyl sites for hydroxylation is 1. The van der Waals surface area contributed by atoms with E-state index in [4.69, 9.17) is 0 Å². The van der Waals surface area contributed by atoms with E-state index in [1.54, 1.807) is 17.9 Å². The van der Waals surface area contributed by atoms with Crippen molar-refractivity contribution in [2.45, 2.75) is 50.3 Å². The Morgan fingerprint density at radius 1 is 1.28 bits per heavy atom. The van der Waals surface area contributed by atoms with Gasteiger partial charge in [0.1, 0.15) is 11.4 Å².